The van der Waals surface area contributed by atoms with Crippen LogP contribution in [0.3, 0.4) is 0 Å². The van der Waals surface area contributed by atoms with Gasteiger partial charge in [-0.2, -0.15) is 0 Å². The van der Waals surface area contributed by atoms with Gasteiger partial charge in [0.25, 0.3) is 0 Å². The lowest BCUT2D eigenvalue weighted by Crippen LogP contribution is -2.24. The Morgan fingerprint density at radius 3 is 2.56 bits per heavy atom. The molecule has 2 aromatic rings. The van der Waals surface area contributed by atoms with Crippen LogP contribution in [0.15, 0.2) is 35.4 Å². The number of halogens is 1. The number of nitrogens with two attached hydrogens (primary N) is 1. The predicted molar refractivity (Wildman–Crippen MR) is 67.8 cm³/mol. The molecule has 2 N–H and O–H groups in total. The van der Waals surface area contributed by atoms with Crippen LogP contribution in [0.1, 0.15) is 18.1 Å². The largest absolute Gasteiger partial charge is 0.328 e. The fraction of sp³-hybridized carbons (Fsp3) is 0.308. The molecular formula is C13H16FN3O. The Hall–Kier alpha value is -1.88. The second-order valence-corrected chi connectivity index (χ2v) is 4.12. The van der Waals surface area contributed by atoms with Crippen molar-refractivity contribution in [2.24, 2.45) is 5.73 Å². The average Bonchev–Trinajstić information content (AvgIpc) is 2.73. The molecule has 0 aliphatic carbocycles. The van der Waals surface area contributed by atoms with E-state index in [2.05, 4.69) is 0 Å². The second-order valence-electron chi connectivity index (χ2n) is 4.12. The molecule has 1 heterocycles. The molecule has 0 spiro atoms. The third-order valence-electron chi connectivity index (χ3n) is 2.95. The van der Waals surface area contributed by atoms with E-state index in [9.17, 15) is 9.18 Å². The Morgan fingerprint density at radius 1 is 1.28 bits per heavy atom. The summed E-state index contributed by atoms with van der Waals surface area (Å²) in [6, 6.07) is 4.87. The zero-order chi connectivity index (χ0) is 13.1. The molecule has 0 aliphatic heterocycles. The fourth-order valence-corrected chi connectivity index (χ4v) is 1.84. The minimum Gasteiger partial charge on any atom is -0.326 e. The molecule has 0 fully saturated rings. The van der Waals surface area contributed by atoms with Gasteiger partial charge in [0.05, 0.1) is 6.54 Å². The summed E-state index contributed by atoms with van der Waals surface area (Å²) in [6.07, 6.45) is 3.37. The smallest absolute Gasteiger partial charge is 0.326 e. The summed E-state index contributed by atoms with van der Waals surface area (Å²) in [7, 11) is 0. The van der Waals surface area contributed by atoms with Crippen molar-refractivity contribution in [2.75, 3.05) is 0 Å². The van der Waals surface area contributed by atoms with Gasteiger partial charge in [-0.15, -0.1) is 0 Å². The normalized spacial score (nSPS) is 10.8. The highest BCUT2D eigenvalue weighted by molar-refractivity contribution is 5.24. The van der Waals surface area contributed by atoms with E-state index in [1.165, 1.54) is 10.6 Å². The summed E-state index contributed by atoms with van der Waals surface area (Å²) in [5, 5.41) is 0. The maximum atomic E-state index is 13.8. The highest BCUT2D eigenvalue weighted by atomic mass is 19.1. The number of benzene rings is 1. The maximum absolute atomic E-state index is 13.8. The van der Waals surface area contributed by atoms with Gasteiger partial charge in [-0.05, 0) is 18.6 Å². The zero-order valence-electron chi connectivity index (χ0n) is 10.3. The van der Waals surface area contributed by atoms with Gasteiger partial charge in [-0.3, -0.25) is 9.13 Å². The molecule has 5 heteroatoms. The fourth-order valence-electron chi connectivity index (χ4n) is 1.84. The van der Waals surface area contributed by atoms with Crippen LogP contribution < -0.4 is 11.4 Å². The Labute approximate surface area is 104 Å². The molecular weight excluding hydrogens is 233 g/mol. The van der Waals surface area contributed by atoms with E-state index in [0.717, 1.165) is 5.56 Å². The van der Waals surface area contributed by atoms with Crippen LogP contribution in [0.25, 0.3) is 0 Å². The number of aryl methyl sites for hydroxylation is 1. The monoisotopic (exact) mass is 249 g/mol. The first kappa shape index (κ1) is 12.6. The highest BCUT2D eigenvalue weighted by Crippen LogP contribution is 2.11. The molecule has 0 atom stereocenters. The summed E-state index contributed by atoms with van der Waals surface area (Å²) < 4.78 is 16.8. The summed E-state index contributed by atoms with van der Waals surface area (Å²) in [5.41, 5.74) is 6.55. The van der Waals surface area contributed by atoms with E-state index >= 15 is 0 Å². The molecule has 4 nitrogen and oxygen atoms in total. The standard InChI is InChI=1S/C13H16FN3O/c1-2-16-5-6-17(13(16)18)9-11-4-3-10(8-15)7-12(11)14/h3-7H,2,8-9,15H2,1H3. The molecule has 0 unspecified atom stereocenters. The molecule has 0 saturated heterocycles. The Kier molecular flexibility index (Phi) is 3.62. The number of aromatic nitrogens is 2. The van der Waals surface area contributed by atoms with Crippen molar-refractivity contribution in [1.82, 2.24) is 9.13 Å². The lowest BCUT2D eigenvalue weighted by atomic mass is 10.1. The average molecular weight is 249 g/mol. The van der Waals surface area contributed by atoms with Crippen molar-refractivity contribution >= 4 is 0 Å². The van der Waals surface area contributed by atoms with Crippen LogP contribution in [0.4, 0.5) is 4.39 Å². The van der Waals surface area contributed by atoms with Crippen molar-refractivity contribution in [1.29, 1.82) is 0 Å². The molecule has 0 saturated carbocycles. The quantitative estimate of drug-likeness (QED) is 0.888. The van der Waals surface area contributed by atoms with Gasteiger partial charge < -0.3 is 5.73 Å². The Morgan fingerprint density at radius 2 is 2.00 bits per heavy atom. The number of hydrogen-bond donors (Lipinski definition) is 1. The van der Waals surface area contributed by atoms with Crippen molar-refractivity contribution in [2.45, 2.75) is 26.6 Å². The summed E-state index contributed by atoms with van der Waals surface area (Å²) in [5.74, 6) is -0.325. The molecule has 18 heavy (non-hydrogen) atoms. The summed E-state index contributed by atoms with van der Waals surface area (Å²) >= 11 is 0. The first-order valence-electron chi connectivity index (χ1n) is 5.88. The van der Waals surface area contributed by atoms with Crippen LogP contribution in [-0.4, -0.2) is 9.13 Å². The zero-order valence-corrected chi connectivity index (χ0v) is 10.3. The number of hydrogen-bond acceptors (Lipinski definition) is 2. The first-order chi connectivity index (χ1) is 8.65. The predicted octanol–water partition coefficient (Wildman–Crippen LogP) is 1.32. The minimum absolute atomic E-state index is 0.125. The van der Waals surface area contributed by atoms with Gasteiger partial charge in [0, 0.05) is 31.0 Å². The SMILES string of the molecule is CCn1ccn(Cc2ccc(CN)cc2F)c1=O. The van der Waals surface area contributed by atoms with Crippen LogP contribution in [-0.2, 0) is 19.6 Å². The van der Waals surface area contributed by atoms with Crippen LogP contribution in [0, 0.1) is 5.82 Å². The van der Waals surface area contributed by atoms with Gasteiger partial charge in [-0.25, -0.2) is 9.18 Å². The van der Waals surface area contributed by atoms with E-state index in [1.54, 1.807) is 29.1 Å². The Balaban J connectivity index is 2.28. The van der Waals surface area contributed by atoms with Crippen molar-refractivity contribution in [3.63, 3.8) is 0 Å². The third kappa shape index (κ3) is 2.36. The number of nitrogens with zero attached hydrogens (tertiary/aromatic N) is 2. The second kappa shape index (κ2) is 5.18. The molecule has 1 aromatic carbocycles. The lowest BCUT2D eigenvalue weighted by Gasteiger charge is -2.05. The molecule has 0 bridgehead atoms. The topological polar surface area (TPSA) is 52.9 Å². The van der Waals surface area contributed by atoms with E-state index in [4.69, 9.17) is 5.73 Å². The first-order valence-corrected chi connectivity index (χ1v) is 5.88. The molecule has 1 aromatic heterocycles. The minimum atomic E-state index is -0.325. The van der Waals surface area contributed by atoms with Crippen molar-refractivity contribution < 1.29 is 4.39 Å². The summed E-state index contributed by atoms with van der Waals surface area (Å²) in [6.45, 7) is 3.05. The van der Waals surface area contributed by atoms with Gasteiger partial charge in [0.2, 0.25) is 0 Å². The molecule has 0 amide bonds. The van der Waals surface area contributed by atoms with E-state index < -0.39 is 0 Å². The number of imidazole rings is 1. The van der Waals surface area contributed by atoms with Gasteiger partial charge >= 0.3 is 5.69 Å². The third-order valence-corrected chi connectivity index (χ3v) is 2.95. The van der Waals surface area contributed by atoms with Crippen LogP contribution in [0.2, 0.25) is 0 Å². The Bertz CT molecular complexity index is 601. The highest BCUT2D eigenvalue weighted by Gasteiger charge is 2.07. The van der Waals surface area contributed by atoms with Crippen molar-refractivity contribution in [3.8, 4) is 0 Å². The molecule has 0 radical (unpaired) electrons. The van der Waals surface area contributed by atoms with Gasteiger partial charge in [-0.1, -0.05) is 12.1 Å². The van der Waals surface area contributed by atoms with E-state index in [-0.39, 0.29) is 18.1 Å². The molecule has 2 rings (SSSR count). The lowest BCUT2D eigenvalue weighted by molar-refractivity contribution is 0.589. The van der Waals surface area contributed by atoms with Gasteiger partial charge in [0.1, 0.15) is 5.82 Å². The van der Waals surface area contributed by atoms with E-state index in [0.29, 0.717) is 18.7 Å². The maximum Gasteiger partial charge on any atom is 0.328 e. The number of rotatable bonds is 4. The molecule has 96 valence electrons. The molecule has 0 aliphatic rings. The van der Waals surface area contributed by atoms with E-state index in [1.807, 2.05) is 6.92 Å². The summed E-state index contributed by atoms with van der Waals surface area (Å²) in [4.78, 5) is 11.8. The van der Waals surface area contributed by atoms with Crippen LogP contribution >= 0.6 is 0 Å². The van der Waals surface area contributed by atoms with Crippen LogP contribution in [0.5, 0.6) is 0 Å². The van der Waals surface area contributed by atoms with Gasteiger partial charge in [0.15, 0.2) is 0 Å². The van der Waals surface area contributed by atoms with Crippen molar-refractivity contribution in [3.05, 3.63) is 58.0 Å².